The summed E-state index contributed by atoms with van der Waals surface area (Å²) in [5, 5.41) is 3.44. The van der Waals surface area contributed by atoms with Crippen molar-refractivity contribution in [2.75, 3.05) is 44.7 Å². The van der Waals surface area contributed by atoms with Gasteiger partial charge in [-0.3, -0.25) is 0 Å². The van der Waals surface area contributed by atoms with E-state index in [1.807, 2.05) is 0 Å². The second-order valence-corrected chi connectivity index (χ2v) is 6.75. The van der Waals surface area contributed by atoms with Gasteiger partial charge in [0.2, 0.25) is 0 Å². The Morgan fingerprint density at radius 3 is 2.35 bits per heavy atom. The van der Waals surface area contributed by atoms with Gasteiger partial charge >= 0.3 is 0 Å². The van der Waals surface area contributed by atoms with E-state index in [9.17, 15) is 0 Å². The molecule has 0 aliphatic carbocycles. The first-order chi connectivity index (χ1) is 11.3. The number of benzene rings is 2. The molecule has 0 aromatic heterocycles. The van der Waals surface area contributed by atoms with Crippen molar-refractivity contribution in [3.8, 4) is 11.1 Å². The average molecular weight is 307 g/mol. The Bertz CT molecular complexity index is 670. The lowest BCUT2D eigenvalue weighted by Crippen LogP contribution is -2.44. The molecule has 0 bridgehead atoms. The molecular formula is C20H25N3. The standard InChI is InChI=1S/C20H25N3/c1-22-10-12-23(13-11-22)20-6-4-16(5-7-20)17-2-3-19-15-21-9-8-18(19)14-17/h2-7,14,21H,8-13,15H2,1H3. The molecular weight excluding hydrogens is 282 g/mol. The summed E-state index contributed by atoms with van der Waals surface area (Å²) in [6, 6.07) is 16.0. The molecule has 0 unspecified atom stereocenters. The van der Waals surface area contributed by atoms with Crippen LogP contribution in [0.3, 0.4) is 0 Å². The van der Waals surface area contributed by atoms with E-state index in [-0.39, 0.29) is 0 Å². The predicted octanol–water partition coefficient (Wildman–Crippen LogP) is 2.75. The van der Waals surface area contributed by atoms with Gasteiger partial charge in [-0.2, -0.15) is 0 Å². The third-order valence-electron chi connectivity index (χ3n) is 5.16. The molecule has 3 heteroatoms. The zero-order valence-corrected chi connectivity index (χ0v) is 13.9. The van der Waals surface area contributed by atoms with Gasteiger partial charge in [0, 0.05) is 38.4 Å². The number of fused-ring (bicyclic) bond motifs is 1. The van der Waals surface area contributed by atoms with Crippen molar-refractivity contribution in [2.24, 2.45) is 0 Å². The maximum absolute atomic E-state index is 3.44. The smallest absolute Gasteiger partial charge is 0.0367 e. The SMILES string of the molecule is CN1CCN(c2ccc(-c3ccc4c(c3)CCNC4)cc2)CC1. The van der Waals surface area contributed by atoms with Crippen LogP contribution in [0.2, 0.25) is 0 Å². The van der Waals surface area contributed by atoms with Crippen LogP contribution in [0.25, 0.3) is 11.1 Å². The molecule has 2 aliphatic heterocycles. The molecule has 0 saturated carbocycles. The molecule has 1 N–H and O–H groups in total. The van der Waals surface area contributed by atoms with Crippen molar-refractivity contribution in [1.29, 1.82) is 0 Å². The molecule has 2 aromatic rings. The zero-order chi connectivity index (χ0) is 15.6. The molecule has 23 heavy (non-hydrogen) atoms. The number of likely N-dealkylation sites (N-methyl/N-ethyl adjacent to an activating group) is 1. The van der Waals surface area contributed by atoms with Gasteiger partial charge in [0.1, 0.15) is 0 Å². The van der Waals surface area contributed by atoms with Gasteiger partial charge in [0.05, 0.1) is 0 Å². The van der Waals surface area contributed by atoms with Crippen molar-refractivity contribution >= 4 is 5.69 Å². The minimum Gasteiger partial charge on any atom is -0.369 e. The fourth-order valence-electron chi connectivity index (χ4n) is 3.59. The summed E-state index contributed by atoms with van der Waals surface area (Å²) >= 11 is 0. The molecule has 4 rings (SSSR count). The Kier molecular flexibility index (Phi) is 4.06. The molecule has 0 atom stereocenters. The highest BCUT2D eigenvalue weighted by molar-refractivity contribution is 5.67. The van der Waals surface area contributed by atoms with Crippen LogP contribution in [0.1, 0.15) is 11.1 Å². The summed E-state index contributed by atoms with van der Waals surface area (Å²) in [6.45, 7) is 6.67. The fourth-order valence-corrected chi connectivity index (χ4v) is 3.59. The lowest BCUT2D eigenvalue weighted by Gasteiger charge is -2.34. The van der Waals surface area contributed by atoms with E-state index < -0.39 is 0 Å². The predicted molar refractivity (Wildman–Crippen MR) is 97.0 cm³/mol. The Morgan fingerprint density at radius 2 is 1.57 bits per heavy atom. The maximum Gasteiger partial charge on any atom is 0.0367 e. The molecule has 0 amide bonds. The van der Waals surface area contributed by atoms with Gasteiger partial charge in [0.15, 0.2) is 0 Å². The second-order valence-electron chi connectivity index (χ2n) is 6.75. The molecule has 1 fully saturated rings. The molecule has 1 saturated heterocycles. The molecule has 2 aromatic carbocycles. The summed E-state index contributed by atoms with van der Waals surface area (Å²) in [5.41, 5.74) is 6.97. The summed E-state index contributed by atoms with van der Waals surface area (Å²) in [7, 11) is 2.20. The zero-order valence-electron chi connectivity index (χ0n) is 13.9. The highest BCUT2D eigenvalue weighted by Gasteiger charge is 2.14. The normalized spacial score (nSPS) is 18.7. The van der Waals surface area contributed by atoms with E-state index in [1.165, 1.54) is 27.9 Å². The van der Waals surface area contributed by atoms with Crippen LogP contribution in [-0.2, 0) is 13.0 Å². The Hall–Kier alpha value is -1.84. The van der Waals surface area contributed by atoms with E-state index >= 15 is 0 Å². The van der Waals surface area contributed by atoms with E-state index in [0.29, 0.717) is 0 Å². The largest absolute Gasteiger partial charge is 0.369 e. The third-order valence-corrected chi connectivity index (χ3v) is 5.16. The Labute approximate surface area is 138 Å². The van der Waals surface area contributed by atoms with Gasteiger partial charge in [-0.05, 0) is 54.4 Å². The number of rotatable bonds is 2. The van der Waals surface area contributed by atoms with Crippen molar-refractivity contribution < 1.29 is 0 Å². The van der Waals surface area contributed by atoms with Crippen LogP contribution < -0.4 is 10.2 Å². The number of nitrogens with one attached hydrogen (secondary N) is 1. The van der Waals surface area contributed by atoms with Gasteiger partial charge in [-0.1, -0.05) is 30.3 Å². The topological polar surface area (TPSA) is 18.5 Å². The van der Waals surface area contributed by atoms with Gasteiger partial charge in [0.25, 0.3) is 0 Å². The van der Waals surface area contributed by atoms with Gasteiger partial charge < -0.3 is 15.1 Å². The van der Waals surface area contributed by atoms with Gasteiger partial charge in [-0.25, -0.2) is 0 Å². The monoisotopic (exact) mass is 307 g/mol. The quantitative estimate of drug-likeness (QED) is 0.920. The fraction of sp³-hybridized carbons (Fsp3) is 0.400. The van der Waals surface area contributed by atoms with E-state index in [2.05, 4.69) is 64.6 Å². The van der Waals surface area contributed by atoms with Crippen LogP contribution in [0.4, 0.5) is 5.69 Å². The van der Waals surface area contributed by atoms with Crippen molar-refractivity contribution in [1.82, 2.24) is 10.2 Å². The molecule has 3 nitrogen and oxygen atoms in total. The highest BCUT2D eigenvalue weighted by atomic mass is 15.2. The van der Waals surface area contributed by atoms with Crippen LogP contribution in [0.15, 0.2) is 42.5 Å². The van der Waals surface area contributed by atoms with E-state index in [0.717, 1.165) is 45.7 Å². The van der Waals surface area contributed by atoms with Crippen LogP contribution >= 0.6 is 0 Å². The van der Waals surface area contributed by atoms with Crippen LogP contribution in [-0.4, -0.2) is 44.7 Å². The Balaban J connectivity index is 1.54. The van der Waals surface area contributed by atoms with E-state index in [4.69, 9.17) is 0 Å². The first kappa shape index (κ1) is 14.7. The maximum atomic E-state index is 3.44. The lowest BCUT2D eigenvalue weighted by atomic mass is 9.95. The Morgan fingerprint density at radius 1 is 0.826 bits per heavy atom. The summed E-state index contributed by atoms with van der Waals surface area (Å²) in [5.74, 6) is 0. The lowest BCUT2D eigenvalue weighted by molar-refractivity contribution is 0.313. The van der Waals surface area contributed by atoms with Crippen molar-refractivity contribution in [3.05, 3.63) is 53.6 Å². The first-order valence-electron chi connectivity index (χ1n) is 8.66. The molecule has 120 valence electrons. The summed E-state index contributed by atoms with van der Waals surface area (Å²) in [4.78, 5) is 4.88. The highest BCUT2D eigenvalue weighted by Crippen LogP contribution is 2.27. The number of hydrogen-bond acceptors (Lipinski definition) is 3. The van der Waals surface area contributed by atoms with Crippen LogP contribution in [0.5, 0.6) is 0 Å². The number of piperazine rings is 1. The molecule has 2 heterocycles. The number of nitrogens with zero attached hydrogens (tertiary/aromatic N) is 2. The molecule has 0 spiro atoms. The average Bonchev–Trinajstić information content (AvgIpc) is 2.62. The van der Waals surface area contributed by atoms with Crippen LogP contribution in [0, 0.1) is 0 Å². The molecule has 2 aliphatic rings. The second kappa shape index (κ2) is 6.34. The summed E-state index contributed by atoms with van der Waals surface area (Å²) < 4.78 is 0. The van der Waals surface area contributed by atoms with Gasteiger partial charge in [-0.15, -0.1) is 0 Å². The summed E-state index contributed by atoms with van der Waals surface area (Å²) in [6.07, 6.45) is 1.14. The van der Waals surface area contributed by atoms with Crippen molar-refractivity contribution in [2.45, 2.75) is 13.0 Å². The minimum absolute atomic E-state index is 1.01. The number of anilines is 1. The number of hydrogen-bond donors (Lipinski definition) is 1. The van der Waals surface area contributed by atoms with Crippen molar-refractivity contribution in [3.63, 3.8) is 0 Å². The third kappa shape index (κ3) is 3.12. The molecule has 0 radical (unpaired) electrons. The minimum atomic E-state index is 1.01. The first-order valence-corrected chi connectivity index (χ1v) is 8.66. The van der Waals surface area contributed by atoms with E-state index in [1.54, 1.807) is 0 Å².